The molecule has 1 aliphatic carbocycles. The number of rotatable bonds is 5. The minimum atomic E-state index is 0.0916. The maximum Gasteiger partial charge on any atom is 0.224 e. The van der Waals surface area contributed by atoms with Crippen LogP contribution in [0.2, 0.25) is 0 Å². The van der Waals surface area contributed by atoms with E-state index in [1.165, 1.54) is 51.6 Å². The molecule has 5 heteroatoms. The molecule has 5 nitrogen and oxygen atoms in total. The van der Waals surface area contributed by atoms with E-state index in [-0.39, 0.29) is 11.9 Å². The number of aromatic nitrogens is 1. The van der Waals surface area contributed by atoms with Gasteiger partial charge in [-0.3, -0.25) is 4.79 Å². The summed E-state index contributed by atoms with van der Waals surface area (Å²) in [5.74, 6) is 1.72. The summed E-state index contributed by atoms with van der Waals surface area (Å²) < 4.78 is 5.15. The Hall–Kier alpha value is -1.36. The summed E-state index contributed by atoms with van der Waals surface area (Å²) in [6, 6.07) is 0.287. The van der Waals surface area contributed by atoms with Gasteiger partial charge in [-0.15, -0.1) is 0 Å². The van der Waals surface area contributed by atoms with E-state index in [9.17, 15) is 4.79 Å². The van der Waals surface area contributed by atoms with Gasteiger partial charge in [0.15, 0.2) is 0 Å². The topological polar surface area (TPSA) is 58.4 Å². The van der Waals surface area contributed by atoms with Crippen molar-refractivity contribution in [3.8, 4) is 0 Å². The molecule has 1 aromatic rings. The molecule has 134 valence electrons. The Morgan fingerprint density at radius 1 is 1.21 bits per heavy atom. The number of aryl methyl sites for hydroxylation is 2. The number of carbonyl (C=O) groups excluding carboxylic acids is 1. The van der Waals surface area contributed by atoms with Crippen molar-refractivity contribution in [3.63, 3.8) is 0 Å². The number of piperidine rings is 1. The molecule has 2 fully saturated rings. The molecule has 1 atom stereocenters. The van der Waals surface area contributed by atoms with Gasteiger partial charge in [0.1, 0.15) is 5.76 Å². The first kappa shape index (κ1) is 17.5. The maximum atomic E-state index is 12.4. The van der Waals surface area contributed by atoms with Gasteiger partial charge in [0.25, 0.3) is 0 Å². The molecule has 1 N–H and O–H groups in total. The van der Waals surface area contributed by atoms with Gasteiger partial charge in [0, 0.05) is 24.7 Å². The molecule has 0 spiro atoms. The third-order valence-electron chi connectivity index (χ3n) is 5.63. The van der Waals surface area contributed by atoms with Gasteiger partial charge in [-0.05, 0) is 52.0 Å². The third-order valence-corrected chi connectivity index (χ3v) is 5.63. The van der Waals surface area contributed by atoms with Crippen molar-refractivity contribution in [2.75, 3.05) is 19.6 Å². The van der Waals surface area contributed by atoms with Crippen LogP contribution in [0, 0.1) is 19.8 Å². The Kier molecular flexibility index (Phi) is 5.93. The van der Waals surface area contributed by atoms with Crippen LogP contribution in [0.15, 0.2) is 4.52 Å². The number of hydrogen-bond acceptors (Lipinski definition) is 4. The summed E-state index contributed by atoms with van der Waals surface area (Å²) in [7, 11) is 0. The maximum absolute atomic E-state index is 12.4. The molecular weight excluding hydrogens is 302 g/mol. The van der Waals surface area contributed by atoms with E-state index in [2.05, 4.69) is 15.4 Å². The van der Waals surface area contributed by atoms with Crippen LogP contribution in [-0.4, -0.2) is 41.6 Å². The van der Waals surface area contributed by atoms with Crippen LogP contribution < -0.4 is 5.32 Å². The van der Waals surface area contributed by atoms with Gasteiger partial charge < -0.3 is 14.7 Å². The SMILES string of the molecule is Cc1noc(C)c1CC(=O)N[C@@H]1CCCN(CC2CCCCC2)C1. The minimum Gasteiger partial charge on any atom is -0.361 e. The highest BCUT2D eigenvalue weighted by Crippen LogP contribution is 2.25. The molecule has 3 rings (SSSR count). The number of likely N-dealkylation sites (tertiary alicyclic amines) is 1. The first-order valence-electron chi connectivity index (χ1n) is 9.55. The number of hydrogen-bond donors (Lipinski definition) is 1. The molecule has 2 aliphatic rings. The second-order valence-electron chi connectivity index (χ2n) is 7.65. The van der Waals surface area contributed by atoms with E-state index in [1.807, 2.05) is 13.8 Å². The van der Waals surface area contributed by atoms with Crippen LogP contribution in [0.4, 0.5) is 0 Å². The average Bonchev–Trinajstić information content (AvgIpc) is 2.88. The summed E-state index contributed by atoms with van der Waals surface area (Å²) in [6.07, 6.45) is 9.64. The van der Waals surface area contributed by atoms with Crippen molar-refractivity contribution in [3.05, 3.63) is 17.0 Å². The van der Waals surface area contributed by atoms with Gasteiger partial charge in [-0.2, -0.15) is 0 Å². The van der Waals surface area contributed by atoms with E-state index < -0.39 is 0 Å². The summed E-state index contributed by atoms with van der Waals surface area (Å²) in [6.45, 7) is 7.17. The van der Waals surface area contributed by atoms with E-state index in [1.54, 1.807) is 0 Å². The summed E-state index contributed by atoms with van der Waals surface area (Å²) in [5, 5.41) is 7.16. The molecule has 1 saturated heterocycles. The van der Waals surface area contributed by atoms with Crippen molar-refractivity contribution in [1.29, 1.82) is 0 Å². The van der Waals surface area contributed by atoms with Crippen molar-refractivity contribution in [1.82, 2.24) is 15.4 Å². The molecule has 1 amide bonds. The highest BCUT2D eigenvalue weighted by molar-refractivity contribution is 5.79. The fourth-order valence-corrected chi connectivity index (χ4v) is 4.27. The van der Waals surface area contributed by atoms with E-state index in [0.717, 1.165) is 35.9 Å². The van der Waals surface area contributed by atoms with Crippen molar-refractivity contribution >= 4 is 5.91 Å². The fourth-order valence-electron chi connectivity index (χ4n) is 4.27. The lowest BCUT2D eigenvalue weighted by atomic mass is 9.88. The molecule has 0 radical (unpaired) electrons. The smallest absolute Gasteiger partial charge is 0.224 e. The molecule has 1 saturated carbocycles. The fraction of sp³-hybridized carbons (Fsp3) is 0.789. The molecule has 0 aromatic carbocycles. The van der Waals surface area contributed by atoms with E-state index in [4.69, 9.17) is 4.52 Å². The first-order chi connectivity index (χ1) is 11.6. The number of nitrogens with one attached hydrogen (secondary N) is 1. The number of nitrogens with zero attached hydrogens (tertiary/aromatic N) is 2. The first-order valence-corrected chi connectivity index (χ1v) is 9.55. The molecule has 2 heterocycles. The van der Waals surface area contributed by atoms with Gasteiger partial charge in [-0.1, -0.05) is 24.4 Å². The van der Waals surface area contributed by atoms with Crippen LogP contribution in [0.5, 0.6) is 0 Å². The third kappa shape index (κ3) is 4.59. The normalized spacial score (nSPS) is 23.3. The number of amides is 1. The Morgan fingerprint density at radius 2 is 2.00 bits per heavy atom. The van der Waals surface area contributed by atoms with Crippen LogP contribution >= 0.6 is 0 Å². The zero-order valence-electron chi connectivity index (χ0n) is 15.1. The largest absolute Gasteiger partial charge is 0.361 e. The standard InChI is InChI=1S/C19H31N3O2/c1-14-18(15(2)24-21-14)11-19(23)20-17-9-6-10-22(13-17)12-16-7-4-3-5-8-16/h16-17H,3-13H2,1-2H3,(H,20,23)/t17-/m1/s1. The zero-order chi connectivity index (χ0) is 16.9. The van der Waals surface area contributed by atoms with Crippen LogP contribution in [0.3, 0.4) is 0 Å². The average molecular weight is 333 g/mol. The molecule has 1 aromatic heterocycles. The van der Waals surface area contributed by atoms with E-state index in [0.29, 0.717) is 6.42 Å². The minimum absolute atomic E-state index is 0.0916. The van der Waals surface area contributed by atoms with Crippen LogP contribution in [0.25, 0.3) is 0 Å². The lowest BCUT2D eigenvalue weighted by Gasteiger charge is -2.36. The highest BCUT2D eigenvalue weighted by atomic mass is 16.5. The lowest BCUT2D eigenvalue weighted by Crippen LogP contribution is -2.49. The summed E-state index contributed by atoms with van der Waals surface area (Å²) in [4.78, 5) is 15.0. The van der Waals surface area contributed by atoms with Crippen molar-refractivity contribution in [2.24, 2.45) is 5.92 Å². The van der Waals surface area contributed by atoms with Gasteiger partial charge in [-0.25, -0.2) is 0 Å². The monoisotopic (exact) mass is 333 g/mol. The molecule has 0 unspecified atom stereocenters. The zero-order valence-corrected chi connectivity index (χ0v) is 15.1. The lowest BCUT2D eigenvalue weighted by molar-refractivity contribution is -0.121. The second-order valence-corrected chi connectivity index (χ2v) is 7.65. The Labute approximate surface area is 145 Å². The molecular formula is C19H31N3O2. The Bertz CT molecular complexity index is 529. The second kappa shape index (κ2) is 8.15. The Morgan fingerprint density at radius 3 is 2.71 bits per heavy atom. The van der Waals surface area contributed by atoms with Crippen molar-refractivity contribution < 1.29 is 9.32 Å². The molecule has 24 heavy (non-hydrogen) atoms. The van der Waals surface area contributed by atoms with Crippen LogP contribution in [-0.2, 0) is 11.2 Å². The van der Waals surface area contributed by atoms with Gasteiger partial charge in [0.05, 0.1) is 12.1 Å². The highest BCUT2D eigenvalue weighted by Gasteiger charge is 2.25. The van der Waals surface area contributed by atoms with E-state index >= 15 is 0 Å². The predicted octanol–water partition coefficient (Wildman–Crippen LogP) is 2.99. The van der Waals surface area contributed by atoms with Gasteiger partial charge >= 0.3 is 0 Å². The number of carbonyl (C=O) groups is 1. The quantitative estimate of drug-likeness (QED) is 0.900. The molecule has 0 bridgehead atoms. The Balaban J connectivity index is 1.47. The van der Waals surface area contributed by atoms with Crippen LogP contribution in [0.1, 0.15) is 62.0 Å². The van der Waals surface area contributed by atoms with Crippen molar-refractivity contribution in [2.45, 2.75) is 71.3 Å². The molecule has 1 aliphatic heterocycles. The predicted molar refractivity (Wildman–Crippen MR) is 93.9 cm³/mol. The summed E-state index contributed by atoms with van der Waals surface area (Å²) in [5.41, 5.74) is 1.76. The van der Waals surface area contributed by atoms with Gasteiger partial charge in [0.2, 0.25) is 5.91 Å². The summed E-state index contributed by atoms with van der Waals surface area (Å²) >= 11 is 0.